The van der Waals surface area contributed by atoms with E-state index in [1.165, 1.54) is 0 Å². The normalized spacial score (nSPS) is 18.0. The van der Waals surface area contributed by atoms with Crippen molar-refractivity contribution in [1.29, 1.82) is 0 Å². The predicted molar refractivity (Wildman–Crippen MR) is 94.9 cm³/mol. The molecular weight excluding hydrogens is 372 g/mol. The van der Waals surface area contributed by atoms with Gasteiger partial charge >= 0.3 is 6.09 Å². The summed E-state index contributed by atoms with van der Waals surface area (Å²) in [6, 6.07) is 6.02. The first-order chi connectivity index (χ1) is 11.6. The van der Waals surface area contributed by atoms with Crippen LogP contribution in [0.3, 0.4) is 0 Å². The van der Waals surface area contributed by atoms with Gasteiger partial charge in [0.05, 0.1) is 6.61 Å². The smallest absolute Gasteiger partial charge is 0.409 e. The minimum atomic E-state index is -0.220. The highest BCUT2D eigenvalue weighted by atomic mass is 79.9. The number of hydrogen-bond donors (Lipinski definition) is 0. The van der Waals surface area contributed by atoms with Crippen LogP contribution in [0.1, 0.15) is 48.5 Å². The highest BCUT2D eigenvalue weighted by Gasteiger charge is 2.35. The summed E-state index contributed by atoms with van der Waals surface area (Å²) in [5.74, 6) is 0.112. The van der Waals surface area contributed by atoms with E-state index in [0.29, 0.717) is 26.2 Å². The summed E-state index contributed by atoms with van der Waals surface area (Å²) in [7, 11) is 0. The van der Waals surface area contributed by atoms with Gasteiger partial charge in [-0.2, -0.15) is 0 Å². The number of amides is 2. The van der Waals surface area contributed by atoms with Crippen molar-refractivity contribution in [2.24, 2.45) is 0 Å². The molecule has 0 saturated carbocycles. The Bertz CT molecular complexity index is 627. The van der Waals surface area contributed by atoms with E-state index >= 15 is 0 Å². The topological polar surface area (TPSA) is 49.9 Å². The van der Waals surface area contributed by atoms with Crippen LogP contribution in [0.25, 0.3) is 0 Å². The molecule has 130 valence electrons. The average molecular weight is 395 g/mol. The Kier molecular flexibility index (Phi) is 5.43. The molecule has 6 heteroatoms. The second-order valence-electron chi connectivity index (χ2n) is 6.42. The van der Waals surface area contributed by atoms with Crippen LogP contribution in [0.5, 0.6) is 0 Å². The molecule has 0 spiro atoms. The Morgan fingerprint density at radius 3 is 2.79 bits per heavy atom. The molecule has 1 saturated heterocycles. The molecule has 0 bridgehead atoms. The summed E-state index contributed by atoms with van der Waals surface area (Å²) >= 11 is 3.46. The summed E-state index contributed by atoms with van der Waals surface area (Å²) in [6.07, 6.45) is 3.32. The van der Waals surface area contributed by atoms with Crippen LogP contribution in [-0.4, -0.2) is 47.5 Å². The average Bonchev–Trinajstić information content (AvgIpc) is 2.91. The zero-order chi connectivity index (χ0) is 17.1. The number of nitrogens with zero attached hydrogens (tertiary/aromatic N) is 2. The first kappa shape index (κ1) is 17.3. The highest BCUT2D eigenvalue weighted by Crippen LogP contribution is 2.30. The van der Waals surface area contributed by atoms with Crippen molar-refractivity contribution in [3.8, 4) is 0 Å². The maximum atomic E-state index is 12.6. The van der Waals surface area contributed by atoms with E-state index in [1.54, 1.807) is 4.90 Å². The van der Waals surface area contributed by atoms with Crippen molar-refractivity contribution in [2.75, 3.05) is 19.7 Å². The van der Waals surface area contributed by atoms with Gasteiger partial charge in [-0.3, -0.25) is 4.79 Å². The van der Waals surface area contributed by atoms with Crippen molar-refractivity contribution in [3.63, 3.8) is 0 Å². The largest absolute Gasteiger partial charge is 0.449 e. The second-order valence-corrected chi connectivity index (χ2v) is 7.34. The minimum absolute atomic E-state index is 0.112. The van der Waals surface area contributed by atoms with Gasteiger partial charge in [0.1, 0.15) is 0 Å². The molecule has 0 aromatic heterocycles. The van der Waals surface area contributed by atoms with E-state index in [-0.39, 0.29) is 18.0 Å². The van der Waals surface area contributed by atoms with Gasteiger partial charge < -0.3 is 14.5 Å². The number of rotatable bonds is 4. The van der Waals surface area contributed by atoms with Crippen LogP contribution in [0.2, 0.25) is 0 Å². The van der Waals surface area contributed by atoms with Crippen molar-refractivity contribution in [2.45, 2.75) is 45.2 Å². The molecule has 24 heavy (non-hydrogen) atoms. The van der Waals surface area contributed by atoms with Gasteiger partial charge in [-0.25, -0.2) is 4.79 Å². The number of ether oxygens (including phenoxy) is 1. The number of unbranched alkanes of at least 4 members (excludes halogenated alkanes) is 1. The van der Waals surface area contributed by atoms with E-state index in [2.05, 4.69) is 22.9 Å². The van der Waals surface area contributed by atoms with Crippen molar-refractivity contribution in [3.05, 3.63) is 33.8 Å². The van der Waals surface area contributed by atoms with E-state index in [9.17, 15) is 9.59 Å². The Hall–Kier alpha value is -1.56. The number of benzene rings is 1. The van der Waals surface area contributed by atoms with Crippen LogP contribution >= 0.6 is 15.9 Å². The fraction of sp³-hybridized carbons (Fsp3) is 0.556. The molecule has 2 aliphatic rings. The van der Waals surface area contributed by atoms with E-state index in [4.69, 9.17) is 4.74 Å². The monoisotopic (exact) mass is 394 g/mol. The lowest BCUT2D eigenvalue weighted by atomic mass is 10.0. The molecule has 2 amide bonds. The van der Waals surface area contributed by atoms with Gasteiger partial charge in [0, 0.05) is 35.7 Å². The molecule has 3 rings (SSSR count). The van der Waals surface area contributed by atoms with Crippen LogP contribution in [0.15, 0.2) is 22.7 Å². The van der Waals surface area contributed by atoms with Crippen LogP contribution in [-0.2, 0) is 11.3 Å². The number of carbonyl (C=O) groups excluding carboxylic acids is 2. The molecule has 0 unspecified atom stereocenters. The molecule has 1 fully saturated rings. The maximum absolute atomic E-state index is 12.6. The fourth-order valence-electron chi connectivity index (χ4n) is 3.36. The van der Waals surface area contributed by atoms with Crippen LogP contribution < -0.4 is 0 Å². The summed E-state index contributed by atoms with van der Waals surface area (Å²) in [6.45, 7) is 4.53. The second kappa shape index (κ2) is 7.55. The molecule has 0 radical (unpaired) electrons. The molecule has 0 atom stereocenters. The summed E-state index contributed by atoms with van der Waals surface area (Å²) < 4.78 is 6.27. The molecule has 1 aromatic carbocycles. The summed E-state index contributed by atoms with van der Waals surface area (Å²) in [4.78, 5) is 28.3. The van der Waals surface area contributed by atoms with E-state index in [1.807, 2.05) is 23.1 Å². The third kappa shape index (κ3) is 3.58. The first-order valence-electron chi connectivity index (χ1n) is 8.61. The van der Waals surface area contributed by atoms with Gasteiger partial charge in [-0.15, -0.1) is 0 Å². The minimum Gasteiger partial charge on any atom is -0.449 e. The molecular formula is C18H23BrN2O3. The SMILES string of the molecule is CCCCOC(=O)N1CCC(N2Cc3cc(Br)ccc3C2=O)CC1. The zero-order valence-corrected chi connectivity index (χ0v) is 15.5. The predicted octanol–water partition coefficient (Wildman–Crippen LogP) is 3.81. The standard InChI is InChI=1S/C18H23BrN2O3/c1-2-3-10-24-18(23)20-8-6-15(7-9-20)21-12-13-11-14(19)4-5-16(13)17(21)22/h4-5,11,15H,2-3,6-10,12H2,1H3. The number of fused-ring (bicyclic) bond motifs is 1. The van der Waals surface area contributed by atoms with Gasteiger partial charge in [0.15, 0.2) is 0 Å². The Morgan fingerprint density at radius 2 is 2.08 bits per heavy atom. The molecule has 0 aliphatic carbocycles. The molecule has 2 aliphatic heterocycles. The van der Waals surface area contributed by atoms with Gasteiger partial charge in [0.2, 0.25) is 0 Å². The van der Waals surface area contributed by atoms with Crippen molar-refractivity contribution < 1.29 is 14.3 Å². The third-order valence-electron chi connectivity index (χ3n) is 4.79. The van der Waals surface area contributed by atoms with Crippen LogP contribution in [0, 0.1) is 0 Å². The number of carbonyl (C=O) groups is 2. The fourth-order valence-corrected chi connectivity index (χ4v) is 3.77. The van der Waals surface area contributed by atoms with Gasteiger partial charge in [-0.1, -0.05) is 29.3 Å². The number of halogens is 1. The molecule has 2 heterocycles. The lowest BCUT2D eigenvalue weighted by molar-refractivity contribution is 0.0548. The lowest BCUT2D eigenvalue weighted by Gasteiger charge is -2.36. The Balaban J connectivity index is 1.54. The Morgan fingerprint density at radius 1 is 1.33 bits per heavy atom. The third-order valence-corrected chi connectivity index (χ3v) is 5.28. The molecule has 5 nitrogen and oxygen atoms in total. The van der Waals surface area contributed by atoms with Crippen molar-refractivity contribution in [1.82, 2.24) is 9.80 Å². The summed E-state index contributed by atoms with van der Waals surface area (Å²) in [5, 5.41) is 0. The summed E-state index contributed by atoms with van der Waals surface area (Å²) in [5.41, 5.74) is 1.88. The van der Waals surface area contributed by atoms with Crippen molar-refractivity contribution >= 4 is 27.9 Å². The van der Waals surface area contributed by atoms with E-state index < -0.39 is 0 Å². The van der Waals surface area contributed by atoms with Gasteiger partial charge in [-0.05, 0) is 43.0 Å². The first-order valence-corrected chi connectivity index (χ1v) is 9.40. The molecule has 0 N–H and O–H groups in total. The highest BCUT2D eigenvalue weighted by molar-refractivity contribution is 9.10. The van der Waals surface area contributed by atoms with Gasteiger partial charge in [0.25, 0.3) is 5.91 Å². The number of hydrogen-bond acceptors (Lipinski definition) is 3. The number of likely N-dealkylation sites (tertiary alicyclic amines) is 1. The Labute approximate surface area is 151 Å². The quantitative estimate of drug-likeness (QED) is 0.729. The number of piperidine rings is 1. The lowest BCUT2D eigenvalue weighted by Crippen LogP contribution is -2.47. The van der Waals surface area contributed by atoms with Crippen LogP contribution in [0.4, 0.5) is 4.79 Å². The maximum Gasteiger partial charge on any atom is 0.409 e. The molecule has 1 aromatic rings. The van der Waals surface area contributed by atoms with E-state index in [0.717, 1.165) is 41.3 Å². The zero-order valence-electron chi connectivity index (χ0n) is 14.0.